The largest absolute Gasteiger partial charge is 0.497 e. The molecule has 0 unspecified atom stereocenters. The van der Waals surface area contributed by atoms with Crippen LogP contribution in [0.3, 0.4) is 0 Å². The topological polar surface area (TPSA) is 88.2 Å². The van der Waals surface area contributed by atoms with Gasteiger partial charge in [0.25, 0.3) is 5.91 Å². The fourth-order valence-electron chi connectivity index (χ4n) is 4.29. The van der Waals surface area contributed by atoms with Crippen molar-refractivity contribution in [3.05, 3.63) is 89.7 Å². The molecule has 0 spiro atoms. The summed E-state index contributed by atoms with van der Waals surface area (Å²) in [5.74, 6) is -0.944. The zero-order valence-electron chi connectivity index (χ0n) is 21.6. The van der Waals surface area contributed by atoms with Crippen LogP contribution in [0, 0.1) is 5.82 Å². The summed E-state index contributed by atoms with van der Waals surface area (Å²) in [5, 5.41) is 3.00. The maximum absolute atomic E-state index is 14.3. The predicted molar refractivity (Wildman–Crippen MR) is 149 cm³/mol. The molecule has 8 nitrogen and oxygen atoms in total. The number of hydrogen-bond acceptors (Lipinski definition) is 6. The highest BCUT2D eigenvalue weighted by Gasteiger charge is 2.44. The Morgan fingerprint density at radius 1 is 1.03 bits per heavy atom. The Labute approximate surface area is 231 Å². The second-order valence-electron chi connectivity index (χ2n) is 8.75. The van der Waals surface area contributed by atoms with E-state index in [1.165, 1.54) is 11.0 Å². The number of halogens is 1. The van der Waals surface area contributed by atoms with Crippen LogP contribution in [0.25, 0.3) is 0 Å². The molecule has 1 aliphatic rings. The lowest BCUT2D eigenvalue weighted by Gasteiger charge is -2.24. The van der Waals surface area contributed by atoms with E-state index in [0.717, 1.165) is 0 Å². The van der Waals surface area contributed by atoms with Crippen molar-refractivity contribution in [3.63, 3.8) is 0 Å². The number of carbonyl (C=O) groups is 3. The summed E-state index contributed by atoms with van der Waals surface area (Å²) in [6.07, 6.45) is 0.117. The van der Waals surface area contributed by atoms with E-state index in [0.29, 0.717) is 28.3 Å². The lowest BCUT2D eigenvalue weighted by Crippen LogP contribution is -2.39. The van der Waals surface area contributed by atoms with Crippen molar-refractivity contribution < 1.29 is 28.2 Å². The van der Waals surface area contributed by atoms with Gasteiger partial charge in [0.15, 0.2) is 5.11 Å². The Hall–Kier alpha value is -4.31. The third-order valence-corrected chi connectivity index (χ3v) is 6.70. The highest BCUT2D eigenvalue weighted by Crippen LogP contribution is 2.28. The Bertz CT molecular complexity index is 1360. The van der Waals surface area contributed by atoms with E-state index in [1.807, 2.05) is 0 Å². The minimum Gasteiger partial charge on any atom is -0.497 e. The molecule has 10 heteroatoms. The van der Waals surface area contributed by atoms with E-state index in [1.54, 1.807) is 85.7 Å². The Morgan fingerprint density at radius 2 is 1.72 bits per heavy atom. The van der Waals surface area contributed by atoms with Gasteiger partial charge < -0.3 is 19.7 Å². The van der Waals surface area contributed by atoms with Gasteiger partial charge >= 0.3 is 5.97 Å². The van der Waals surface area contributed by atoms with Crippen LogP contribution in [0.1, 0.15) is 29.3 Å². The van der Waals surface area contributed by atoms with Crippen LogP contribution in [0.4, 0.5) is 15.8 Å². The van der Waals surface area contributed by atoms with Gasteiger partial charge in [0.05, 0.1) is 31.4 Å². The van der Waals surface area contributed by atoms with Crippen LogP contribution < -0.4 is 15.0 Å². The molecule has 2 amide bonds. The molecule has 1 aliphatic heterocycles. The molecule has 1 saturated heterocycles. The summed E-state index contributed by atoms with van der Waals surface area (Å²) >= 11 is 5.68. The Kier molecular flexibility index (Phi) is 8.88. The number of rotatable bonds is 10. The standard InChI is InChI=1S/C29H28FN3O5S/c1-3-38-28(36)20-8-12-22(13-9-20)33-27(35)25(18-26(34)31-21-10-14-23(37-2)15-11-21)32(29(33)39)17-16-19-6-4-5-7-24(19)30/h4-15,25H,3,16-18H2,1-2H3,(H,31,34)/t25-/m0/s1. The van der Waals surface area contributed by atoms with E-state index in [-0.39, 0.29) is 48.7 Å². The number of nitrogens with one attached hydrogen (secondary N) is 1. The first-order chi connectivity index (χ1) is 18.8. The molecular weight excluding hydrogens is 521 g/mol. The van der Waals surface area contributed by atoms with Crippen LogP contribution in [0.5, 0.6) is 5.75 Å². The second-order valence-corrected chi connectivity index (χ2v) is 9.12. The van der Waals surface area contributed by atoms with Gasteiger partial charge in [-0.15, -0.1) is 0 Å². The SMILES string of the molecule is CCOC(=O)c1ccc(N2C(=O)[C@H](CC(=O)Nc3ccc(OC)cc3)N(CCc3ccccc3F)C2=S)cc1. The second kappa shape index (κ2) is 12.5. The minimum atomic E-state index is -0.896. The summed E-state index contributed by atoms with van der Waals surface area (Å²) in [7, 11) is 1.55. The molecule has 1 N–H and O–H groups in total. The molecule has 1 atom stereocenters. The maximum Gasteiger partial charge on any atom is 0.338 e. The van der Waals surface area contributed by atoms with Crippen LogP contribution in [0.2, 0.25) is 0 Å². The normalized spacial score (nSPS) is 14.9. The number of benzene rings is 3. The number of anilines is 2. The first-order valence-electron chi connectivity index (χ1n) is 12.4. The van der Waals surface area contributed by atoms with Crippen molar-refractivity contribution in [1.29, 1.82) is 0 Å². The molecule has 4 rings (SSSR count). The molecule has 0 radical (unpaired) electrons. The molecule has 3 aromatic rings. The molecule has 1 fully saturated rings. The van der Waals surface area contributed by atoms with Crippen molar-refractivity contribution in [2.24, 2.45) is 0 Å². The van der Waals surface area contributed by atoms with Crippen molar-refractivity contribution in [2.75, 3.05) is 30.5 Å². The molecule has 0 saturated carbocycles. The van der Waals surface area contributed by atoms with Gasteiger partial charge in [0.2, 0.25) is 5.91 Å². The van der Waals surface area contributed by atoms with Crippen LogP contribution >= 0.6 is 12.2 Å². The lowest BCUT2D eigenvalue weighted by molar-refractivity contribution is -0.124. The van der Waals surface area contributed by atoms with Gasteiger partial charge in [0, 0.05) is 12.2 Å². The van der Waals surface area contributed by atoms with Gasteiger partial charge in [0.1, 0.15) is 17.6 Å². The number of amides is 2. The fourth-order valence-corrected chi connectivity index (χ4v) is 4.70. The van der Waals surface area contributed by atoms with Crippen LogP contribution in [-0.2, 0) is 20.7 Å². The Morgan fingerprint density at radius 3 is 2.36 bits per heavy atom. The minimum absolute atomic E-state index is 0.167. The average molecular weight is 550 g/mol. The number of methoxy groups -OCH3 is 1. The molecular formula is C29H28FN3O5S. The number of thiocarbonyl (C=S) groups is 1. The fraction of sp³-hybridized carbons (Fsp3) is 0.241. The molecule has 0 aromatic heterocycles. The maximum atomic E-state index is 14.3. The zero-order chi connectivity index (χ0) is 27.9. The first kappa shape index (κ1) is 27.7. The summed E-state index contributed by atoms with van der Waals surface area (Å²) in [5.41, 5.74) is 1.82. The smallest absolute Gasteiger partial charge is 0.338 e. The molecule has 0 aliphatic carbocycles. The number of hydrogen-bond donors (Lipinski definition) is 1. The van der Waals surface area contributed by atoms with E-state index in [9.17, 15) is 18.8 Å². The van der Waals surface area contributed by atoms with Gasteiger partial charge in [-0.1, -0.05) is 18.2 Å². The van der Waals surface area contributed by atoms with Gasteiger partial charge in [-0.3, -0.25) is 14.5 Å². The van der Waals surface area contributed by atoms with Crippen molar-refractivity contribution in [3.8, 4) is 5.75 Å². The molecule has 202 valence electrons. The highest BCUT2D eigenvalue weighted by atomic mass is 32.1. The summed E-state index contributed by atoms with van der Waals surface area (Å²) < 4.78 is 24.5. The van der Waals surface area contributed by atoms with E-state index in [2.05, 4.69) is 5.32 Å². The molecule has 3 aromatic carbocycles. The van der Waals surface area contributed by atoms with E-state index >= 15 is 0 Å². The molecule has 39 heavy (non-hydrogen) atoms. The van der Waals surface area contributed by atoms with Gasteiger partial charge in [-0.05, 0) is 85.7 Å². The van der Waals surface area contributed by atoms with Crippen molar-refractivity contribution in [2.45, 2.75) is 25.8 Å². The summed E-state index contributed by atoms with van der Waals surface area (Å²) in [6, 6.07) is 18.6. The molecule has 1 heterocycles. The highest BCUT2D eigenvalue weighted by molar-refractivity contribution is 7.80. The zero-order valence-corrected chi connectivity index (χ0v) is 22.4. The van der Waals surface area contributed by atoms with Crippen LogP contribution in [0.15, 0.2) is 72.8 Å². The number of ether oxygens (including phenoxy) is 2. The summed E-state index contributed by atoms with van der Waals surface area (Å²) in [4.78, 5) is 41.7. The number of esters is 1. The van der Waals surface area contributed by atoms with Crippen LogP contribution in [-0.4, -0.2) is 54.1 Å². The number of carbonyl (C=O) groups excluding carboxylic acids is 3. The first-order valence-corrected chi connectivity index (χ1v) is 12.8. The third kappa shape index (κ3) is 6.40. The van der Waals surface area contributed by atoms with Crippen molar-refractivity contribution >= 4 is 46.5 Å². The van der Waals surface area contributed by atoms with E-state index in [4.69, 9.17) is 21.7 Å². The van der Waals surface area contributed by atoms with Gasteiger partial charge in [-0.2, -0.15) is 0 Å². The van der Waals surface area contributed by atoms with Gasteiger partial charge in [-0.25, -0.2) is 9.18 Å². The molecule has 0 bridgehead atoms. The van der Waals surface area contributed by atoms with E-state index < -0.39 is 12.0 Å². The monoisotopic (exact) mass is 549 g/mol. The van der Waals surface area contributed by atoms with Crippen molar-refractivity contribution in [1.82, 2.24) is 4.90 Å². The Balaban J connectivity index is 1.56. The quantitative estimate of drug-likeness (QED) is 0.293. The lowest BCUT2D eigenvalue weighted by atomic mass is 10.1. The summed E-state index contributed by atoms with van der Waals surface area (Å²) in [6.45, 7) is 2.18. The predicted octanol–water partition coefficient (Wildman–Crippen LogP) is 4.58. The number of nitrogens with zero attached hydrogens (tertiary/aromatic N) is 2. The average Bonchev–Trinajstić information content (AvgIpc) is 3.17. The third-order valence-electron chi connectivity index (χ3n) is 6.29.